The van der Waals surface area contributed by atoms with E-state index in [9.17, 15) is 4.79 Å². The number of carbonyl (C=O) groups excluding carboxylic acids is 1. The maximum Gasteiger partial charge on any atom is 0.302 e. The number of ether oxygens (including phenoxy) is 1. The molecule has 0 spiro atoms. The molecule has 1 fully saturated rings. The number of hydrogen-bond acceptors (Lipinski definition) is 3. The summed E-state index contributed by atoms with van der Waals surface area (Å²) in [7, 11) is 0. The first-order chi connectivity index (χ1) is 5.24. The quantitative estimate of drug-likeness (QED) is 0.532. The average Bonchev–Trinajstić information content (AvgIpc) is 2.34. The van der Waals surface area contributed by atoms with Gasteiger partial charge < -0.3 is 4.74 Å². The van der Waals surface area contributed by atoms with Crippen LogP contribution in [0.5, 0.6) is 0 Å². The summed E-state index contributed by atoms with van der Waals surface area (Å²) in [6.07, 6.45) is 2.57. The summed E-state index contributed by atoms with van der Waals surface area (Å²) in [6, 6.07) is 2.14. The van der Waals surface area contributed by atoms with Gasteiger partial charge in [0.25, 0.3) is 0 Å². The largest absolute Gasteiger partial charge is 0.461 e. The Morgan fingerprint density at radius 1 is 1.64 bits per heavy atom. The molecule has 1 rings (SSSR count). The lowest BCUT2D eigenvalue weighted by Crippen LogP contribution is -2.19. The van der Waals surface area contributed by atoms with Crippen molar-refractivity contribution in [3.63, 3.8) is 0 Å². The molecule has 3 heteroatoms. The van der Waals surface area contributed by atoms with Crippen LogP contribution in [0.3, 0.4) is 0 Å². The third-order valence-corrected chi connectivity index (χ3v) is 1.94. The Balaban J connectivity index is 2.45. The van der Waals surface area contributed by atoms with Crippen molar-refractivity contribution in [1.29, 1.82) is 5.26 Å². The molecule has 0 aromatic rings. The molecule has 60 valence electrons. The van der Waals surface area contributed by atoms with Crippen LogP contribution in [-0.4, -0.2) is 12.1 Å². The van der Waals surface area contributed by atoms with Crippen molar-refractivity contribution in [2.24, 2.45) is 5.92 Å². The van der Waals surface area contributed by atoms with Crippen LogP contribution in [0.1, 0.15) is 26.2 Å². The van der Waals surface area contributed by atoms with Crippen molar-refractivity contribution in [3.8, 4) is 6.07 Å². The minimum atomic E-state index is -0.280. The molecule has 11 heavy (non-hydrogen) atoms. The van der Waals surface area contributed by atoms with Crippen molar-refractivity contribution in [2.75, 3.05) is 0 Å². The molecule has 2 atom stereocenters. The third-order valence-electron chi connectivity index (χ3n) is 1.94. The fourth-order valence-electron chi connectivity index (χ4n) is 1.43. The van der Waals surface area contributed by atoms with Crippen LogP contribution in [-0.2, 0) is 9.53 Å². The molecular weight excluding hydrogens is 142 g/mol. The Bertz CT molecular complexity index is 195. The monoisotopic (exact) mass is 153 g/mol. The standard InChI is InChI=1S/C8H11NO2/c1-6(10)11-8-4-2-3-7(8)5-9/h7-8H,2-4H2,1H3. The number of esters is 1. The fourth-order valence-corrected chi connectivity index (χ4v) is 1.43. The highest BCUT2D eigenvalue weighted by atomic mass is 16.5. The zero-order valence-corrected chi connectivity index (χ0v) is 6.54. The Hall–Kier alpha value is -1.04. The van der Waals surface area contributed by atoms with E-state index in [1.54, 1.807) is 0 Å². The van der Waals surface area contributed by atoms with Crippen LogP contribution in [0.4, 0.5) is 0 Å². The number of carbonyl (C=O) groups is 1. The summed E-state index contributed by atoms with van der Waals surface area (Å²) in [5.74, 6) is -0.351. The highest BCUT2D eigenvalue weighted by molar-refractivity contribution is 5.66. The summed E-state index contributed by atoms with van der Waals surface area (Å²) in [6.45, 7) is 1.38. The molecule has 1 aliphatic rings. The predicted octanol–water partition coefficient (Wildman–Crippen LogP) is 1.24. The van der Waals surface area contributed by atoms with E-state index in [0.717, 1.165) is 19.3 Å². The molecule has 3 nitrogen and oxygen atoms in total. The lowest BCUT2D eigenvalue weighted by atomic mass is 10.1. The smallest absolute Gasteiger partial charge is 0.302 e. The van der Waals surface area contributed by atoms with E-state index in [2.05, 4.69) is 6.07 Å². The van der Waals surface area contributed by atoms with Crippen LogP contribution in [0.15, 0.2) is 0 Å². The van der Waals surface area contributed by atoms with Crippen molar-refractivity contribution in [3.05, 3.63) is 0 Å². The van der Waals surface area contributed by atoms with Crippen LogP contribution in [0, 0.1) is 17.2 Å². The second-order valence-electron chi connectivity index (χ2n) is 2.81. The number of nitriles is 1. The zero-order valence-electron chi connectivity index (χ0n) is 6.54. The Morgan fingerprint density at radius 2 is 2.36 bits per heavy atom. The molecule has 1 saturated carbocycles. The molecule has 0 amide bonds. The van der Waals surface area contributed by atoms with E-state index in [0.29, 0.717) is 0 Å². The molecule has 0 aromatic heterocycles. The number of rotatable bonds is 1. The molecule has 2 unspecified atom stereocenters. The lowest BCUT2D eigenvalue weighted by molar-refractivity contribution is -0.147. The van der Waals surface area contributed by atoms with Gasteiger partial charge in [0.1, 0.15) is 6.10 Å². The van der Waals surface area contributed by atoms with Gasteiger partial charge in [0.2, 0.25) is 0 Å². The molecular formula is C8H11NO2. The van der Waals surface area contributed by atoms with E-state index in [-0.39, 0.29) is 18.0 Å². The maximum atomic E-state index is 10.5. The van der Waals surface area contributed by atoms with E-state index < -0.39 is 0 Å². The predicted molar refractivity (Wildman–Crippen MR) is 38.5 cm³/mol. The number of nitrogens with zero attached hydrogens (tertiary/aromatic N) is 1. The molecule has 0 bridgehead atoms. The molecule has 0 heterocycles. The molecule has 0 aliphatic heterocycles. The van der Waals surface area contributed by atoms with Crippen molar-refractivity contribution < 1.29 is 9.53 Å². The zero-order chi connectivity index (χ0) is 8.27. The topological polar surface area (TPSA) is 50.1 Å². The first-order valence-corrected chi connectivity index (χ1v) is 3.81. The Kier molecular flexibility index (Phi) is 2.48. The minimum absolute atomic E-state index is 0.0705. The van der Waals surface area contributed by atoms with Crippen LogP contribution in [0.2, 0.25) is 0 Å². The van der Waals surface area contributed by atoms with Crippen molar-refractivity contribution >= 4 is 5.97 Å². The van der Waals surface area contributed by atoms with E-state index in [1.165, 1.54) is 6.92 Å². The van der Waals surface area contributed by atoms with Gasteiger partial charge in [0, 0.05) is 6.92 Å². The lowest BCUT2D eigenvalue weighted by Gasteiger charge is -2.12. The van der Waals surface area contributed by atoms with E-state index in [4.69, 9.17) is 10.00 Å². The van der Waals surface area contributed by atoms with Crippen molar-refractivity contribution in [1.82, 2.24) is 0 Å². The van der Waals surface area contributed by atoms with Gasteiger partial charge in [-0.3, -0.25) is 4.79 Å². The summed E-state index contributed by atoms with van der Waals surface area (Å²) in [5.41, 5.74) is 0. The summed E-state index contributed by atoms with van der Waals surface area (Å²) in [5, 5.41) is 8.61. The van der Waals surface area contributed by atoms with Gasteiger partial charge >= 0.3 is 5.97 Å². The molecule has 0 aromatic carbocycles. The SMILES string of the molecule is CC(=O)OC1CCCC1C#N. The van der Waals surface area contributed by atoms with Gasteiger partial charge in [-0.2, -0.15) is 5.26 Å². The minimum Gasteiger partial charge on any atom is -0.461 e. The summed E-state index contributed by atoms with van der Waals surface area (Å²) >= 11 is 0. The van der Waals surface area contributed by atoms with Gasteiger partial charge in [-0.25, -0.2) is 0 Å². The van der Waals surface area contributed by atoms with Gasteiger partial charge in [-0.15, -0.1) is 0 Å². The average molecular weight is 153 g/mol. The van der Waals surface area contributed by atoms with Gasteiger partial charge in [0.15, 0.2) is 0 Å². The second kappa shape index (κ2) is 3.38. The summed E-state index contributed by atoms with van der Waals surface area (Å²) in [4.78, 5) is 10.5. The van der Waals surface area contributed by atoms with E-state index in [1.807, 2.05) is 0 Å². The first-order valence-electron chi connectivity index (χ1n) is 3.81. The maximum absolute atomic E-state index is 10.5. The fraction of sp³-hybridized carbons (Fsp3) is 0.750. The molecule has 0 saturated heterocycles. The van der Waals surface area contributed by atoms with Crippen LogP contribution < -0.4 is 0 Å². The molecule has 0 N–H and O–H groups in total. The molecule has 1 aliphatic carbocycles. The van der Waals surface area contributed by atoms with Crippen LogP contribution >= 0.6 is 0 Å². The number of hydrogen-bond donors (Lipinski definition) is 0. The van der Waals surface area contributed by atoms with E-state index >= 15 is 0 Å². The van der Waals surface area contributed by atoms with Gasteiger partial charge in [-0.05, 0) is 19.3 Å². The Labute approximate surface area is 66.0 Å². The van der Waals surface area contributed by atoms with Crippen LogP contribution in [0.25, 0.3) is 0 Å². The summed E-state index contributed by atoms with van der Waals surface area (Å²) < 4.78 is 4.95. The van der Waals surface area contributed by atoms with Gasteiger partial charge in [-0.1, -0.05) is 0 Å². The van der Waals surface area contributed by atoms with Gasteiger partial charge in [0.05, 0.1) is 12.0 Å². The van der Waals surface area contributed by atoms with Crippen molar-refractivity contribution in [2.45, 2.75) is 32.3 Å². The second-order valence-corrected chi connectivity index (χ2v) is 2.81. The first kappa shape index (κ1) is 8.06. The Morgan fingerprint density at radius 3 is 2.91 bits per heavy atom. The highest BCUT2D eigenvalue weighted by Gasteiger charge is 2.29. The normalized spacial score (nSPS) is 29.5. The third kappa shape index (κ3) is 1.94. The molecule has 0 radical (unpaired) electrons. The highest BCUT2D eigenvalue weighted by Crippen LogP contribution is 2.27.